The van der Waals surface area contributed by atoms with Crippen molar-refractivity contribution in [3.8, 4) is 0 Å². The van der Waals surface area contributed by atoms with Crippen molar-refractivity contribution >= 4 is 11.8 Å². The van der Waals surface area contributed by atoms with Crippen molar-refractivity contribution in [1.82, 2.24) is 10.3 Å². The molecule has 0 aliphatic carbocycles. The first-order valence-electron chi connectivity index (χ1n) is 6.51. The van der Waals surface area contributed by atoms with Gasteiger partial charge in [-0.05, 0) is 36.4 Å². The Morgan fingerprint density at radius 3 is 2.32 bits per heavy atom. The van der Waals surface area contributed by atoms with Crippen LogP contribution in [-0.2, 0) is 0 Å². The van der Waals surface area contributed by atoms with Gasteiger partial charge in [0, 0.05) is 24.2 Å². The Balaban J connectivity index is 2.24. The lowest BCUT2D eigenvalue weighted by atomic mass is 9.99. The van der Waals surface area contributed by atoms with Gasteiger partial charge in [0.15, 0.2) is 0 Å². The van der Waals surface area contributed by atoms with Gasteiger partial charge in [-0.1, -0.05) is 30.3 Å². The van der Waals surface area contributed by atoms with Crippen molar-refractivity contribution in [2.45, 2.75) is 19.0 Å². The average molecular weight is 272 g/mol. The van der Waals surface area contributed by atoms with Crippen LogP contribution in [0, 0.1) is 0 Å². The number of thioether (sulfide) groups is 1. The number of hydrogen-bond acceptors (Lipinski definition) is 3. The number of hydrogen-bond donors (Lipinski definition) is 1. The summed E-state index contributed by atoms with van der Waals surface area (Å²) in [7, 11) is 0. The maximum Gasteiger partial charge on any atom is 0.0580 e. The van der Waals surface area contributed by atoms with Gasteiger partial charge in [0.1, 0.15) is 0 Å². The molecular formula is C16H20N2S. The fourth-order valence-corrected chi connectivity index (χ4v) is 2.77. The first-order chi connectivity index (χ1) is 9.31. The number of rotatable bonds is 6. The van der Waals surface area contributed by atoms with Crippen LogP contribution in [0.4, 0.5) is 0 Å². The molecule has 0 radical (unpaired) electrons. The van der Waals surface area contributed by atoms with Crippen LogP contribution < -0.4 is 5.32 Å². The second-order valence-electron chi connectivity index (χ2n) is 4.65. The fraction of sp³-hybridized carbons (Fsp3) is 0.312. The summed E-state index contributed by atoms with van der Waals surface area (Å²) in [4.78, 5) is 4.11. The van der Waals surface area contributed by atoms with Crippen LogP contribution in [0.15, 0.2) is 54.9 Å². The summed E-state index contributed by atoms with van der Waals surface area (Å²) >= 11 is 1.87. The molecule has 1 N–H and O–H groups in total. The molecule has 0 bridgehead atoms. The molecule has 0 spiro atoms. The number of nitrogens with zero attached hydrogens (tertiary/aromatic N) is 1. The molecule has 0 amide bonds. The zero-order valence-electron chi connectivity index (χ0n) is 11.4. The van der Waals surface area contributed by atoms with Crippen molar-refractivity contribution in [3.63, 3.8) is 0 Å². The Labute approximate surface area is 119 Å². The molecular weight excluding hydrogens is 252 g/mol. The lowest BCUT2D eigenvalue weighted by Crippen LogP contribution is -2.33. The average Bonchev–Trinajstić information content (AvgIpc) is 2.47. The van der Waals surface area contributed by atoms with E-state index >= 15 is 0 Å². The summed E-state index contributed by atoms with van der Waals surface area (Å²) in [5.41, 5.74) is 2.55. The molecule has 19 heavy (non-hydrogen) atoms. The van der Waals surface area contributed by atoms with Crippen LogP contribution in [0.5, 0.6) is 0 Å². The first kappa shape index (κ1) is 14.1. The van der Waals surface area contributed by atoms with E-state index in [4.69, 9.17) is 0 Å². The molecule has 3 heteroatoms. The normalized spacial score (nSPS) is 14.0. The predicted molar refractivity (Wildman–Crippen MR) is 83.5 cm³/mol. The largest absolute Gasteiger partial charge is 0.303 e. The molecule has 0 fully saturated rings. The number of pyridine rings is 1. The zero-order valence-corrected chi connectivity index (χ0v) is 12.2. The van der Waals surface area contributed by atoms with Crippen LogP contribution in [0.25, 0.3) is 0 Å². The molecule has 1 aromatic heterocycles. The third kappa shape index (κ3) is 4.08. The standard InChI is InChI=1S/C16H20N2S/c1-13(12-19-2)18-16(14-6-4-3-5-7-14)15-8-10-17-11-9-15/h3-11,13,16,18H,12H2,1-2H3. The highest BCUT2D eigenvalue weighted by molar-refractivity contribution is 7.98. The minimum absolute atomic E-state index is 0.228. The van der Waals surface area contributed by atoms with Crippen molar-refractivity contribution in [2.75, 3.05) is 12.0 Å². The highest BCUT2D eigenvalue weighted by Gasteiger charge is 2.15. The van der Waals surface area contributed by atoms with E-state index in [0.29, 0.717) is 6.04 Å². The SMILES string of the molecule is CSCC(C)NC(c1ccccc1)c1ccncc1. The second kappa shape index (κ2) is 7.31. The molecule has 2 nitrogen and oxygen atoms in total. The van der Waals surface area contributed by atoms with E-state index in [2.05, 4.69) is 65.9 Å². The van der Waals surface area contributed by atoms with Gasteiger partial charge in [0.05, 0.1) is 6.04 Å². The minimum Gasteiger partial charge on any atom is -0.303 e. The quantitative estimate of drug-likeness (QED) is 0.871. The first-order valence-corrected chi connectivity index (χ1v) is 7.90. The monoisotopic (exact) mass is 272 g/mol. The van der Waals surface area contributed by atoms with Crippen LogP contribution in [0.1, 0.15) is 24.1 Å². The van der Waals surface area contributed by atoms with Gasteiger partial charge in [-0.25, -0.2) is 0 Å². The molecule has 2 rings (SSSR count). The van der Waals surface area contributed by atoms with Crippen LogP contribution in [-0.4, -0.2) is 23.0 Å². The van der Waals surface area contributed by atoms with Gasteiger partial charge < -0.3 is 5.32 Å². The Morgan fingerprint density at radius 2 is 1.68 bits per heavy atom. The minimum atomic E-state index is 0.228. The second-order valence-corrected chi connectivity index (χ2v) is 5.56. The molecule has 1 aromatic carbocycles. The zero-order chi connectivity index (χ0) is 13.5. The lowest BCUT2D eigenvalue weighted by Gasteiger charge is -2.24. The van der Waals surface area contributed by atoms with Gasteiger partial charge in [-0.15, -0.1) is 0 Å². The van der Waals surface area contributed by atoms with Gasteiger partial charge in [0.25, 0.3) is 0 Å². The summed E-state index contributed by atoms with van der Waals surface area (Å²) in [5, 5.41) is 3.70. The van der Waals surface area contributed by atoms with E-state index in [1.807, 2.05) is 24.2 Å². The Kier molecular flexibility index (Phi) is 5.43. The van der Waals surface area contributed by atoms with Crippen LogP contribution in [0.2, 0.25) is 0 Å². The molecule has 2 atom stereocenters. The van der Waals surface area contributed by atoms with E-state index < -0.39 is 0 Å². The van der Waals surface area contributed by atoms with E-state index in [-0.39, 0.29) is 6.04 Å². The molecule has 100 valence electrons. The third-order valence-corrected chi connectivity index (χ3v) is 3.87. The number of aromatic nitrogens is 1. The Hall–Kier alpha value is -1.32. The lowest BCUT2D eigenvalue weighted by molar-refractivity contribution is 0.534. The number of nitrogens with one attached hydrogen (secondary N) is 1. The Bertz CT molecular complexity index is 433. The molecule has 0 aliphatic heterocycles. The van der Waals surface area contributed by atoms with Crippen molar-refractivity contribution in [1.29, 1.82) is 0 Å². The van der Waals surface area contributed by atoms with Crippen molar-refractivity contribution in [2.24, 2.45) is 0 Å². The molecule has 0 saturated carbocycles. The van der Waals surface area contributed by atoms with Gasteiger partial charge >= 0.3 is 0 Å². The maximum atomic E-state index is 4.11. The molecule has 2 aromatic rings. The smallest absolute Gasteiger partial charge is 0.0580 e. The maximum absolute atomic E-state index is 4.11. The third-order valence-electron chi connectivity index (χ3n) is 3.04. The summed E-state index contributed by atoms with van der Waals surface area (Å²) in [6.07, 6.45) is 5.85. The predicted octanol–water partition coefficient (Wildman–Crippen LogP) is 3.51. The van der Waals surface area contributed by atoms with Crippen LogP contribution in [0.3, 0.4) is 0 Å². The summed E-state index contributed by atoms with van der Waals surface area (Å²) in [6.45, 7) is 2.23. The van der Waals surface area contributed by atoms with E-state index in [1.165, 1.54) is 11.1 Å². The molecule has 1 heterocycles. The van der Waals surface area contributed by atoms with E-state index in [1.54, 1.807) is 0 Å². The molecule has 2 unspecified atom stereocenters. The van der Waals surface area contributed by atoms with Gasteiger partial charge in [0.2, 0.25) is 0 Å². The summed E-state index contributed by atoms with van der Waals surface area (Å²) in [6, 6.07) is 15.4. The Morgan fingerprint density at radius 1 is 1.05 bits per heavy atom. The molecule has 0 aliphatic rings. The van der Waals surface area contributed by atoms with Crippen molar-refractivity contribution < 1.29 is 0 Å². The highest BCUT2D eigenvalue weighted by atomic mass is 32.2. The van der Waals surface area contributed by atoms with Gasteiger partial charge in [-0.2, -0.15) is 11.8 Å². The fourth-order valence-electron chi connectivity index (χ4n) is 2.17. The topological polar surface area (TPSA) is 24.9 Å². The summed E-state index contributed by atoms with van der Waals surface area (Å²) in [5.74, 6) is 1.11. The van der Waals surface area contributed by atoms with Gasteiger partial charge in [-0.3, -0.25) is 4.98 Å². The molecule has 0 saturated heterocycles. The van der Waals surface area contributed by atoms with E-state index in [0.717, 1.165) is 5.75 Å². The van der Waals surface area contributed by atoms with Crippen molar-refractivity contribution in [3.05, 3.63) is 66.0 Å². The van der Waals surface area contributed by atoms with E-state index in [9.17, 15) is 0 Å². The van der Waals surface area contributed by atoms with Crippen LogP contribution >= 0.6 is 11.8 Å². The highest BCUT2D eigenvalue weighted by Crippen LogP contribution is 2.22. The number of benzene rings is 1. The summed E-state index contributed by atoms with van der Waals surface area (Å²) < 4.78 is 0.